The SMILES string of the molecule is CCC(C)C(NC1CCS(=O)(=O)C1)C(=O)O. The Kier molecular flexibility index (Phi) is 4.32. The first-order valence-electron chi connectivity index (χ1n) is 5.55. The highest BCUT2D eigenvalue weighted by atomic mass is 32.2. The summed E-state index contributed by atoms with van der Waals surface area (Å²) >= 11 is 0. The second-order valence-corrected chi connectivity index (χ2v) is 6.70. The van der Waals surface area contributed by atoms with Gasteiger partial charge in [0.2, 0.25) is 0 Å². The smallest absolute Gasteiger partial charge is 0.320 e. The van der Waals surface area contributed by atoms with Crippen molar-refractivity contribution in [3.05, 3.63) is 0 Å². The Morgan fingerprint density at radius 2 is 2.19 bits per heavy atom. The van der Waals surface area contributed by atoms with Gasteiger partial charge in [0.1, 0.15) is 6.04 Å². The number of rotatable bonds is 5. The van der Waals surface area contributed by atoms with Crippen molar-refractivity contribution in [1.29, 1.82) is 0 Å². The van der Waals surface area contributed by atoms with Crippen LogP contribution in [-0.4, -0.2) is 43.1 Å². The first kappa shape index (κ1) is 13.4. The number of hydrogen-bond acceptors (Lipinski definition) is 4. The van der Waals surface area contributed by atoms with Gasteiger partial charge in [0.05, 0.1) is 11.5 Å². The van der Waals surface area contributed by atoms with Crippen LogP contribution in [0.15, 0.2) is 0 Å². The van der Waals surface area contributed by atoms with Gasteiger partial charge in [-0.1, -0.05) is 20.3 Å². The van der Waals surface area contributed by atoms with Crippen LogP contribution in [0.2, 0.25) is 0 Å². The quantitative estimate of drug-likeness (QED) is 0.730. The Bertz CT molecular complexity index is 352. The lowest BCUT2D eigenvalue weighted by Crippen LogP contribution is -2.47. The number of carboxylic acid groups (broad SMARTS) is 1. The van der Waals surface area contributed by atoms with Crippen LogP contribution < -0.4 is 5.32 Å². The topological polar surface area (TPSA) is 83.5 Å². The van der Waals surface area contributed by atoms with E-state index in [4.69, 9.17) is 5.11 Å². The molecule has 1 aliphatic heterocycles. The van der Waals surface area contributed by atoms with Gasteiger partial charge in [0, 0.05) is 6.04 Å². The molecule has 1 rings (SSSR count). The van der Waals surface area contributed by atoms with Crippen molar-refractivity contribution in [3.8, 4) is 0 Å². The third kappa shape index (κ3) is 3.45. The molecule has 0 amide bonds. The highest BCUT2D eigenvalue weighted by molar-refractivity contribution is 7.91. The first-order valence-corrected chi connectivity index (χ1v) is 7.37. The van der Waals surface area contributed by atoms with E-state index in [1.165, 1.54) is 0 Å². The predicted molar refractivity (Wildman–Crippen MR) is 61.1 cm³/mol. The van der Waals surface area contributed by atoms with E-state index in [0.29, 0.717) is 6.42 Å². The normalized spacial score (nSPS) is 27.5. The van der Waals surface area contributed by atoms with Crippen molar-refractivity contribution in [2.45, 2.75) is 38.8 Å². The molecule has 0 bridgehead atoms. The first-order chi connectivity index (χ1) is 7.35. The molecular formula is C10H19NO4S. The molecule has 16 heavy (non-hydrogen) atoms. The number of sulfone groups is 1. The number of carboxylic acids is 1. The van der Waals surface area contributed by atoms with Crippen molar-refractivity contribution >= 4 is 15.8 Å². The van der Waals surface area contributed by atoms with Crippen LogP contribution in [0, 0.1) is 5.92 Å². The van der Waals surface area contributed by atoms with Gasteiger partial charge >= 0.3 is 5.97 Å². The predicted octanol–water partition coefficient (Wildman–Crippen LogP) is 0.262. The average molecular weight is 249 g/mol. The van der Waals surface area contributed by atoms with Gasteiger partial charge in [-0.25, -0.2) is 8.42 Å². The van der Waals surface area contributed by atoms with E-state index < -0.39 is 21.8 Å². The average Bonchev–Trinajstić information content (AvgIpc) is 2.53. The largest absolute Gasteiger partial charge is 0.480 e. The summed E-state index contributed by atoms with van der Waals surface area (Å²) in [7, 11) is -2.95. The van der Waals surface area contributed by atoms with Crippen LogP contribution in [0.1, 0.15) is 26.7 Å². The summed E-state index contributed by atoms with van der Waals surface area (Å²) in [5, 5.41) is 12.0. The summed E-state index contributed by atoms with van der Waals surface area (Å²) in [6, 6.07) is -0.858. The van der Waals surface area contributed by atoms with Crippen molar-refractivity contribution in [1.82, 2.24) is 5.32 Å². The molecule has 0 aromatic carbocycles. The fourth-order valence-electron chi connectivity index (χ4n) is 1.90. The molecule has 1 heterocycles. The van der Waals surface area contributed by atoms with Crippen LogP contribution in [0.3, 0.4) is 0 Å². The van der Waals surface area contributed by atoms with E-state index >= 15 is 0 Å². The van der Waals surface area contributed by atoms with Gasteiger partial charge in [-0.15, -0.1) is 0 Å². The van der Waals surface area contributed by atoms with Gasteiger partial charge in [0.25, 0.3) is 0 Å². The summed E-state index contributed by atoms with van der Waals surface area (Å²) in [6.07, 6.45) is 1.27. The molecule has 1 fully saturated rings. The van der Waals surface area contributed by atoms with Crippen molar-refractivity contribution in [2.75, 3.05) is 11.5 Å². The summed E-state index contributed by atoms with van der Waals surface area (Å²) in [5.74, 6) is -0.676. The molecule has 0 saturated carbocycles. The van der Waals surface area contributed by atoms with Crippen LogP contribution in [0.25, 0.3) is 0 Å². The molecule has 94 valence electrons. The van der Waals surface area contributed by atoms with Crippen LogP contribution >= 0.6 is 0 Å². The molecule has 5 nitrogen and oxygen atoms in total. The summed E-state index contributed by atoms with van der Waals surface area (Å²) in [4.78, 5) is 11.0. The molecule has 0 aliphatic carbocycles. The zero-order valence-electron chi connectivity index (χ0n) is 9.64. The van der Waals surface area contributed by atoms with Crippen molar-refractivity contribution in [2.24, 2.45) is 5.92 Å². The lowest BCUT2D eigenvalue weighted by Gasteiger charge is -2.23. The van der Waals surface area contributed by atoms with Crippen LogP contribution in [0.5, 0.6) is 0 Å². The van der Waals surface area contributed by atoms with Crippen molar-refractivity contribution < 1.29 is 18.3 Å². The summed E-state index contributed by atoms with van der Waals surface area (Å²) < 4.78 is 22.5. The molecule has 2 N–H and O–H groups in total. The maximum atomic E-state index is 11.2. The second-order valence-electron chi connectivity index (χ2n) is 4.47. The van der Waals surface area contributed by atoms with Crippen LogP contribution in [0.4, 0.5) is 0 Å². The highest BCUT2D eigenvalue weighted by Gasteiger charge is 2.32. The molecule has 0 aromatic rings. The molecule has 0 aromatic heterocycles. The second kappa shape index (κ2) is 5.14. The van der Waals surface area contributed by atoms with Crippen molar-refractivity contribution in [3.63, 3.8) is 0 Å². The maximum Gasteiger partial charge on any atom is 0.320 e. The van der Waals surface area contributed by atoms with E-state index in [-0.39, 0.29) is 23.5 Å². The van der Waals surface area contributed by atoms with Gasteiger partial charge in [-0.3, -0.25) is 4.79 Å². The molecule has 1 aliphatic rings. The minimum Gasteiger partial charge on any atom is -0.480 e. The summed E-state index contributed by atoms with van der Waals surface area (Å²) in [6.45, 7) is 3.78. The molecule has 3 atom stereocenters. The fourth-order valence-corrected chi connectivity index (χ4v) is 3.58. The van der Waals surface area contributed by atoms with E-state index in [9.17, 15) is 13.2 Å². The molecule has 0 spiro atoms. The Labute approximate surface area is 96.1 Å². The number of carbonyl (C=O) groups is 1. The zero-order valence-corrected chi connectivity index (χ0v) is 10.5. The minimum absolute atomic E-state index is 0.000745. The minimum atomic E-state index is -2.95. The number of hydrogen-bond donors (Lipinski definition) is 2. The fraction of sp³-hybridized carbons (Fsp3) is 0.900. The Balaban J connectivity index is 2.60. The Hall–Kier alpha value is -0.620. The third-order valence-corrected chi connectivity index (χ3v) is 4.89. The molecule has 0 radical (unpaired) electrons. The Morgan fingerprint density at radius 1 is 1.56 bits per heavy atom. The van der Waals surface area contributed by atoms with Crippen LogP contribution in [-0.2, 0) is 14.6 Å². The molecule has 1 saturated heterocycles. The van der Waals surface area contributed by atoms with E-state index in [1.807, 2.05) is 13.8 Å². The van der Waals surface area contributed by atoms with Gasteiger partial charge in [0.15, 0.2) is 9.84 Å². The van der Waals surface area contributed by atoms with E-state index in [1.54, 1.807) is 0 Å². The number of nitrogens with one attached hydrogen (secondary N) is 1. The van der Waals surface area contributed by atoms with Gasteiger partial charge in [-0.05, 0) is 12.3 Å². The molecular weight excluding hydrogens is 230 g/mol. The number of aliphatic carboxylic acids is 1. The molecule has 6 heteroatoms. The Morgan fingerprint density at radius 3 is 2.56 bits per heavy atom. The van der Waals surface area contributed by atoms with E-state index in [2.05, 4.69) is 5.32 Å². The maximum absolute atomic E-state index is 11.2. The monoisotopic (exact) mass is 249 g/mol. The van der Waals surface area contributed by atoms with Gasteiger partial charge in [-0.2, -0.15) is 0 Å². The third-order valence-electron chi connectivity index (χ3n) is 3.13. The van der Waals surface area contributed by atoms with E-state index in [0.717, 1.165) is 6.42 Å². The lowest BCUT2D eigenvalue weighted by atomic mass is 9.98. The highest BCUT2D eigenvalue weighted by Crippen LogP contribution is 2.15. The summed E-state index contributed by atoms with van der Waals surface area (Å²) in [5.41, 5.74) is 0. The molecule has 3 unspecified atom stereocenters. The standard InChI is InChI=1S/C10H19NO4S/c1-3-7(2)9(10(12)13)11-8-4-5-16(14,15)6-8/h7-9,11H,3-6H2,1-2H3,(H,12,13). The van der Waals surface area contributed by atoms with Gasteiger partial charge < -0.3 is 10.4 Å². The zero-order chi connectivity index (χ0) is 12.3. The lowest BCUT2D eigenvalue weighted by molar-refractivity contribution is -0.141.